The van der Waals surface area contributed by atoms with Crippen molar-refractivity contribution >= 4 is 41.6 Å². The number of rotatable bonds is 20. The summed E-state index contributed by atoms with van der Waals surface area (Å²) in [6, 6.07) is 8.34. The zero-order valence-electron chi connectivity index (χ0n) is 46.4. The minimum absolute atomic E-state index is 0.0123. The third-order valence-corrected chi connectivity index (χ3v) is 18.4. The summed E-state index contributed by atoms with van der Waals surface area (Å²) in [6.45, 7) is 11.8. The number of carbonyl (C=O) groups excluding carboxylic acids is 7. The van der Waals surface area contributed by atoms with Gasteiger partial charge in [-0.15, -0.1) is 0 Å². The second-order valence-corrected chi connectivity index (χ2v) is 24.4. The van der Waals surface area contributed by atoms with Gasteiger partial charge in [0.1, 0.15) is 12.2 Å². The number of benzene rings is 1. The monoisotopic (exact) mass is 1040 g/mol. The molecule has 6 aliphatic carbocycles. The zero-order valence-corrected chi connectivity index (χ0v) is 46.4. The number of esters is 1. The van der Waals surface area contributed by atoms with Crippen LogP contribution in [0.5, 0.6) is 0 Å². The molecule has 0 aliphatic heterocycles. The van der Waals surface area contributed by atoms with Gasteiger partial charge < -0.3 is 41.4 Å². The summed E-state index contributed by atoms with van der Waals surface area (Å²) in [5, 5.41) is 19.8. The Labute approximate surface area is 448 Å². The molecule has 75 heavy (non-hydrogen) atoms. The fourth-order valence-corrected chi connectivity index (χ4v) is 14.6. The largest absolute Gasteiger partial charge is 0.461 e. The Kier molecular flexibility index (Phi) is 21.3. The van der Waals surface area contributed by atoms with E-state index in [0.717, 1.165) is 108 Å². The van der Waals surface area contributed by atoms with Gasteiger partial charge in [-0.2, -0.15) is 0 Å². The van der Waals surface area contributed by atoms with Gasteiger partial charge in [-0.25, -0.2) is 4.79 Å². The quantitative estimate of drug-likeness (QED) is 0.0687. The molecule has 7 rings (SSSR count). The van der Waals surface area contributed by atoms with Crippen LogP contribution in [-0.2, 0) is 44.8 Å². The van der Waals surface area contributed by atoms with Crippen LogP contribution in [0.15, 0.2) is 30.3 Å². The van der Waals surface area contributed by atoms with Crippen LogP contribution in [0.2, 0.25) is 0 Å². The fourth-order valence-electron chi connectivity index (χ4n) is 14.6. The molecule has 418 valence electrons. The van der Waals surface area contributed by atoms with Crippen molar-refractivity contribution in [2.75, 3.05) is 0 Å². The average molecular weight is 1040 g/mol. The molecule has 0 unspecified atom stereocenters. The van der Waals surface area contributed by atoms with Crippen molar-refractivity contribution in [1.29, 1.82) is 0 Å². The second kappa shape index (κ2) is 27.6. The standard InChI is InChI=1S/C60H94N6O9/c1-7-38(53(67)65-51-34-20-28-45(51)56(70)63-49-32-18-15-26-43(49)40(9-3)58(72)74-36-37-22-11-10-12-23-37)41-24-13-16-30-47(41)61-55(69)44-27-19-33-50(44)64-54(68)39(8-2)42-25-14-17-31-48(42)62-57(71)46-29-21-35-52(46)66-59(73)75-60(4,5)6/h10-12,22-23,38-52H,7-9,13-21,24-36H2,1-6H3,(H,61,69)(H,62,71)(H,63,70)(H,64,68)(H,65,67)(H,66,73)/t38-,39-,40-,41-,42-,43-,44-,45-,46-,47-,48-,49-,50-,51-,52-/m1/s1. The van der Waals surface area contributed by atoms with Gasteiger partial charge >= 0.3 is 12.1 Å². The summed E-state index contributed by atoms with van der Waals surface area (Å²) >= 11 is 0. The van der Waals surface area contributed by atoms with Gasteiger partial charge in [0, 0.05) is 48.1 Å². The van der Waals surface area contributed by atoms with Crippen molar-refractivity contribution in [2.24, 2.45) is 53.3 Å². The number of carbonyl (C=O) groups is 7. The normalized spacial score (nSPS) is 31.2. The van der Waals surface area contributed by atoms with Crippen molar-refractivity contribution in [3.63, 3.8) is 0 Å². The van der Waals surface area contributed by atoms with Crippen LogP contribution >= 0.6 is 0 Å². The predicted octanol–water partition coefficient (Wildman–Crippen LogP) is 9.10. The van der Waals surface area contributed by atoms with E-state index in [1.165, 1.54) is 0 Å². The van der Waals surface area contributed by atoms with Gasteiger partial charge in [0.2, 0.25) is 29.5 Å². The third-order valence-electron chi connectivity index (χ3n) is 18.4. The summed E-state index contributed by atoms with van der Waals surface area (Å²) < 4.78 is 11.3. The first-order valence-corrected chi connectivity index (χ1v) is 29.8. The smallest absolute Gasteiger partial charge is 0.407 e. The first kappa shape index (κ1) is 58.0. The molecule has 15 heteroatoms. The lowest BCUT2D eigenvalue weighted by molar-refractivity contribution is -0.153. The molecule has 0 saturated heterocycles. The number of hydrogen-bond acceptors (Lipinski definition) is 9. The average Bonchev–Trinajstić information content (AvgIpc) is 4.18. The molecule has 1 aromatic carbocycles. The van der Waals surface area contributed by atoms with Gasteiger partial charge in [0.15, 0.2) is 0 Å². The van der Waals surface area contributed by atoms with E-state index in [9.17, 15) is 33.6 Å². The van der Waals surface area contributed by atoms with Crippen LogP contribution in [0.1, 0.15) is 201 Å². The van der Waals surface area contributed by atoms with Gasteiger partial charge in [-0.1, -0.05) is 109 Å². The molecule has 15 nitrogen and oxygen atoms in total. The Hall–Kier alpha value is -4.69. The summed E-state index contributed by atoms with van der Waals surface area (Å²) in [5.41, 5.74) is 0.306. The van der Waals surface area contributed by atoms with Gasteiger partial charge in [0.25, 0.3) is 0 Å². The van der Waals surface area contributed by atoms with E-state index in [2.05, 4.69) is 31.9 Å². The SMILES string of the molecule is CC[C@@H](C(=O)N[C@@H]1CCC[C@H]1C(=O)N[C@@H]1CCCC[C@@H]1[C@@H](CC)C(=O)N[C@@H]1CCC[C@H]1C(=O)N[C@@H]1CCCC[C@@H]1[C@@H](CC)C(=O)OCc1ccccc1)[C@H]1CCCC[C@H]1NC(=O)[C@@H]1CCC[C@H]1NC(=O)OC(C)(C)C. The molecular formula is C60H94N6O9. The molecule has 0 aromatic heterocycles. The van der Waals surface area contributed by atoms with Crippen LogP contribution < -0.4 is 31.9 Å². The van der Waals surface area contributed by atoms with Crippen LogP contribution in [0.3, 0.4) is 0 Å². The molecule has 6 saturated carbocycles. The number of alkyl carbamates (subject to hydrolysis) is 1. The van der Waals surface area contributed by atoms with Gasteiger partial charge in [-0.3, -0.25) is 28.8 Å². The topological polar surface area (TPSA) is 210 Å². The predicted molar refractivity (Wildman–Crippen MR) is 288 cm³/mol. The van der Waals surface area contributed by atoms with E-state index in [-0.39, 0.29) is 132 Å². The van der Waals surface area contributed by atoms with E-state index < -0.39 is 11.7 Å². The van der Waals surface area contributed by atoms with E-state index in [0.29, 0.717) is 51.4 Å². The van der Waals surface area contributed by atoms with E-state index in [1.54, 1.807) is 0 Å². The molecule has 6 fully saturated rings. The Morgan fingerprint density at radius 3 is 1.20 bits per heavy atom. The van der Waals surface area contributed by atoms with Crippen LogP contribution in [0, 0.1) is 53.3 Å². The lowest BCUT2D eigenvalue weighted by Gasteiger charge is -2.39. The molecule has 15 atom stereocenters. The van der Waals surface area contributed by atoms with Crippen molar-refractivity contribution in [3.05, 3.63) is 35.9 Å². The van der Waals surface area contributed by atoms with Crippen molar-refractivity contribution in [1.82, 2.24) is 31.9 Å². The number of hydrogen-bond donors (Lipinski definition) is 6. The van der Waals surface area contributed by atoms with Crippen molar-refractivity contribution in [2.45, 2.75) is 244 Å². The number of nitrogens with one attached hydrogen (secondary N) is 6. The first-order valence-electron chi connectivity index (χ1n) is 29.8. The maximum atomic E-state index is 14.4. The Morgan fingerprint density at radius 2 is 0.813 bits per heavy atom. The van der Waals surface area contributed by atoms with Crippen LogP contribution in [0.25, 0.3) is 0 Å². The van der Waals surface area contributed by atoms with E-state index in [1.807, 2.05) is 71.9 Å². The van der Waals surface area contributed by atoms with E-state index in [4.69, 9.17) is 9.47 Å². The molecule has 0 heterocycles. The zero-order chi connectivity index (χ0) is 53.6. The highest BCUT2D eigenvalue weighted by molar-refractivity contribution is 5.85. The highest BCUT2D eigenvalue weighted by atomic mass is 16.6. The molecule has 0 spiro atoms. The Morgan fingerprint density at radius 1 is 0.453 bits per heavy atom. The number of ether oxygens (including phenoxy) is 2. The summed E-state index contributed by atoms with van der Waals surface area (Å²) in [5.74, 6) is -2.67. The van der Waals surface area contributed by atoms with Gasteiger partial charge in [0.05, 0.1) is 23.7 Å². The Bertz CT molecular complexity index is 2080. The van der Waals surface area contributed by atoms with Crippen molar-refractivity contribution in [3.8, 4) is 0 Å². The highest BCUT2D eigenvalue weighted by Gasteiger charge is 2.45. The van der Waals surface area contributed by atoms with Crippen LogP contribution in [-0.4, -0.2) is 83.5 Å². The maximum absolute atomic E-state index is 14.4. The molecule has 0 bridgehead atoms. The van der Waals surface area contributed by atoms with E-state index >= 15 is 0 Å². The molecule has 6 aliphatic rings. The van der Waals surface area contributed by atoms with Crippen LogP contribution in [0.4, 0.5) is 4.79 Å². The summed E-state index contributed by atoms with van der Waals surface area (Å²) in [4.78, 5) is 97.4. The second-order valence-electron chi connectivity index (χ2n) is 24.4. The molecule has 6 N–H and O–H groups in total. The lowest BCUT2D eigenvalue weighted by Crippen LogP contribution is -2.55. The summed E-state index contributed by atoms with van der Waals surface area (Å²) in [7, 11) is 0. The molecular weight excluding hydrogens is 949 g/mol. The minimum atomic E-state index is -0.639. The first-order chi connectivity index (χ1) is 36.1. The van der Waals surface area contributed by atoms with Crippen molar-refractivity contribution < 1.29 is 43.0 Å². The fraction of sp³-hybridized carbons (Fsp3) is 0.783. The maximum Gasteiger partial charge on any atom is 0.407 e. The molecule has 6 amide bonds. The minimum Gasteiger partial charge on any atom is -0.461 e. The third kappa shape index (κ3) is 15.5. The highest BCUT2D eigenvalue weighted by Crippen LogP contribution is 2.39. The Balaban J connectivity index is 0.919. The molecule has 0 radical (unpaired) electrons. The van der Waals surface area contributed by atoms with Gasteiger partial charge in [-0.05, 0) is 140 Å². The number of amides is 6. The molecule has 1 aromatic rings. The summed E-state index contributed by atoms with van der Waals surface area (Å²) in [6.07, 6.45) is 18.8. The lowest BCUT2D eigenvalue weighted by atomic mass is 9.74.